The summed E-state index contributed by atoms with van der Waals surface area (Å²) in [6, 6.07) is 21.2. The Morgan fingerprint density at radius 1 is 0.793 bits per heavy atom. The Morgan fingerprint density at radius 2 is 1.38 bits per heavy atom. The first-order valence-corrected chi connectivity index (χ1v) is 9.39. The zero-order chi connectivity index (χ0) is 20.6. The van der Waals surface area contributed by atoms with Crippen molar-refractivity contribution in [1.82, 2.24) is 0 Å². The summed E-state index contributed by atoms with van der Waals surface area (Å²) < 4.78 is 10.8. The third-order valence-corrected chi connectivity index (χ3v) is 4.25. The van der Waals surface area contributed by atoms with Crippen molar-refractivity contribution in [1.29, 1.82) is 0 Å². The number of rotatable bonds is 7. The molecule has 0 aliphatic heterocycles. The van der Waals surface area contributed by atoms with Crippen LogP contribution in [-0.4, -0.2) is 18.4 Å². The minimum absolute atomic E-state index is 0.129. The first-order chi connectivity index (χ1) is 14.0. The van der Waals surface area contributed by atoms with Crippen molar-refractivity contribution >= 4 is 17.8 Å². The van der Waals surface area contributed by atoms with Crippen molar-refractivity contribution < 1.29 is 19.1 Å². The van der Waals surface area contributed by atoms with E-state index in [0.717, 1.165) is 16.9 Å². The monoisotopic (exact) mass is 386 g/mol. The lowest BCUT2D eigenvalue weighted by molar-refractivity contribution is 0.0734. The number of aryl methyl sites for hydroxylation is 1. The van der Waals surface area contributed by atoms with Crippen molar-refractivity contribution in [3.8, 4) is 11.5 Å². The molecule has 0 atom stereocenters. The third kappa shape index (κ3) is 5.66. The smallest absolute Gasteiger partial charge is 0.343 e. The van der Waals surface area contributed by atoms with Crippen LogP contribution in [0.4, 0.5) is 0 Å². The Morgan fingerprint density at radius 3 is 2.00 bits per heavy atom. The van der Waals surface area contributed by atoms with Gasteiger partial charge < -0.3 is 9.47 Å². The molecule has 0 saturated carbocycles. The lowest BCUT2D eigenvalue weighted by Gasteiger charge is -2.05. The molecule has 0 bridgehead atoms. The van der Waals surface area contributed by atoms with Crippen LogP contribution in [0.3, 0.4) is 0 Å². The standard InChI is InChI=1S/C25H22O4/c1-3-28-22-13-6-19(7-14-22)8-17-24(26)20-11-15-23(16-12-20)29-25(27)21-9-4-18(2)5-10-21/h4-17H,3H2,1-2H3. The topological polar surface area (TPSA) is 52.6 Å². The average molecular weight is 386 g/mol. The molecule has 3 aromatic rings. The van der Waals surface area contributed by atoms with Gasteiger partial charge in [-0.25, -0.2) is 4.79 Å². The van der Waals surface area contributed by atoms with Crippen LogP contribution >= 0.6 is 0 Å². The molecule has 0 heterocycles. The Hall–Kier alpha value is -3.66. The fourth-order valence-corrected chi connectivity index (χ4v) is 2.65. The fraction of sp³-hybridized carbons (Fsp3) is 0.120. The molecule has 3 rings (SSSR count). The second-order valence-electron chi connectivity index (χ2n) is 6.48. The van der Waals surface area contributed by atoms with Gasteiger partial charge in [-0.3, -0.25) is 4.79 Å². The number of ether oxygens (including phenoxy) is 2. The first kappa shape index (κ1) is 20.1. The maximum Gasteiger partial charge on any atom is 0.343 e. The van der Waals surface area contributed by atoms with Gasteiger partial charge in [0.1, 0.15) is 11.5 Å². The van der Waals surface area contributed by atoms with E-state index in [1.807, 2.05) is 50.2 Å². The molecule has 0 spiro atoms. The molecule has 0 amide bonds. The fourth-order valence-electron chi connectivity index (χ4n) is 2.65. The molecule has 0 fully saturated rings. The van der Waals surface area contributed by atoms with Crippen LogP contribution in [0.2, 0.25) is 0 Å². The predicted molar refractivity (Wildman–Crippen MR) is 114 cm³/mol. The molecule has 0 N–H and O–H groups in total. The number of benzene rings is 3. The van der Waals surface area contributed by atoms with E-state index in [4.69, 9.17) is 9.47 Å². The van der Waals surface area contributed by atoms with E-state index < -0.39 is 5.97 Å². The van der Waals surface area contributed by atoms with E-state index in [0.29, 0.717) is 23.5 Å². The van der Waals surface area contributed by atoms with E-state index in [9.17, 15) is 9.59 Å². The molecular weight excluding hydrogens is 364 g/mol. The number of carbonyl (C=O) groups is 2. The summed E-state index contributed by atoms with van der Waals surface area (Å²) in [5, 5.41) is 0. The Kier molecular flexibility index (Phi) is 6.59. The van der Waals surface area contributed by atoms with Crippen molar-refractivity contribution in [2.75, 3.05) is 6.61 Å². The van der Waals surface area contributed by atoms with E-state index >= 15 is 0 Å². The normalized spacial score (nSPS) is 10.7. The van der Waals surface area contributed by atoms with E-state index in [1.165, 1.54) is 6.08 Å². The van der Waals surface area contributed by atoms with E-state index in [2.05, 4.69) is 0 Å². The zero-order valence-electron chi connectivity index (χ0n) is 16.4. The highest BCUT2D eigenvalue weighted by molar-refractivity contribution is 6.06. The second kappa shape index (κ2) is 9.51. The molecular formula is C25H22O4. The number of hydrogen-bond acceptors (Lipinski definition) is 4. The third-order valence-electron chi connectivity index (χ3n) is 4.25. The molecule has 0 aromatic heterocycles. The van der Waals surface area contributed by atoms with Crippen LogP contribution in [-0.2, 0) is 0 Å². The van der Waals surface area contributed by atoms with Gasteiger partial charge in [-0.2, -0.15) is 0 Å². The van der Waals surface area contributed by atoms with Gasteiger partial charge in [0.2, 0.25) is 0 Å². The Labute approximate surface area is 170 Å². The maximum absolute atomic E-state index is 12.4. The van der Waals surface area contributed by atoms with Crippen LogP contribution < -0.4 is 9.47 Å². The zero-order valence-corrected chi connectivity index (χ0v) is 16.4. The molecule has 29 heavy (non-hydrogen) atoms. The van der Waals surface area contributed by atoms with Gasteiger partial charge >= 0.3 is 5.97 Å². The SMILES string of the molecule is CCOc1ccc(C=CC(=O)c2ccc(OC(=O)c3ccc(C)cc3)cc2)cc1. The summed E-state index contributed by atoms with van der Waals surface area (Å²) in [5.74, 6) is 0.629. The van der Waals surface area contributed by atoms with E-state index in [-0.39, 0.29) is 5.78 Å². The van der Waals surface area contributed by atoms with Gasteiger partial charge in [0.25, 0.3) is 0 Å². The average Bonchev–Trinajstić information content (AvgIpc) is 2.74. The number of esters is 1. The molecule has 0 unspecified atom stereocenters. The minimum Gasteiger partial charge on any atom is -0.494 e. The highest BCUT2D eigenvalue weighted by atomic mass is 16.5. The molecule has 0 aliphatic carbocycles. The van der Waals surface area contributed by atoms with Gasteiger partial charge in [-0.1, -0.05) is 35.9 Å². The second-order valence-corrected chi connectivity index (χ2v) is 6.48. The van der Waals surface area contributed by atoms with Crippen LogP contribution in [0, 0.1) is 6.92 Å². The number of carbonyl (C=O) groups excluding carboxylic acids is 2. The summed E-state index contributed by atoms with van der Waals surface area (Å²) in [5.41, 5.74) is 2.98. The Balaban J connectivity index is 1.60. The first-order valence-electron chi connectivity index (χ1n) is 9.39. The van der Waals surface area contributed by atoms with Crippen molar-refractivity contribution in [3.05, 3.63) is 101 Å². The Bertz CT molecular complexity index is 998. The van der Waals surface area contributed by atoms with Gasteiger partial charge in [0.05, 0.1) is 12.2 Å². The highest BCUT2D eigenvalue weighted by Gasteiger charge is 2.09. The van der Waals surface area contributed by atoms with Crippen LogP contribution in [0.25, 0.3) is 6.08 Å². The highest BCUT2D eigenvalue weighted by Crippen LogP contribution is 2.17. The lowest BCUT2D eigenvalue weighted by atomic mass is 10.1. The summed E-state index contributed by atoms with van der Waals surface area (Å²) in [6.45, 7) is 4.50. The molecule has 146 valence electrons. The lowest BCUT2D eigenvalue weighted by Crippen LogP contribution is -2.08. The summed E-state index contributed by atoms with van der Waals surface area (Å²) in [7, 11) is 0. The van der Waals surface area contributed by atoms with Crippen LogP contribution in [0.15, 0.2) is 78.9 Å². The van der Waals surface area contributed by atoms with Gasteiger partial charge in [0, 0.05) is 5.56 Å². The van der Waals surface area contributed by atoms with Crippen molar-refractivity contribution in [2.45, 2.75) is 13.8 Å². The molecule has 0 aliphatic rings. The maximum atomic E-state index is 12.4. The molecule has 0 radical (unpaired) electrons. The van der Waals surface area contributed by atoms with Gasteiger partial charge in [-0.15, -0.1) is 0 Å². The largest absolute Gasteiger partial charge is 0.494 e. The molecule has 4 heteroatoms. The summed E-state index contributed by atoms with van der Waals surface area (Å²) in [4.78, 5) is 24.5. The predicted octanol–water partition coefficient (Wildman–Crippen LogP) is 5.51. The number of ketones is 1. The number of hydrogen-bond donors (Lipinski definition) is 0. The van der Waals surface area contributed by atoms with Crippen molar-refractivity contribution in [2.24, 2.45) is 0 Å². The summed E-state index contributed by atoms with van der Waals surface area (Å²) in [6.07, 6.45) is 3.27. The molecule has 4 nitrogen and oxygen atoms in total. The minimum atomic E-state index is -0.431. The molecule has 3 aromatic carbocycles. The summed E-state index contributed by atoms with van der Waals surface area (Å²) >= 11 is 0. The number of allylic oxidation sites excluding steroid dienone is 1. The van der Waals surface area contributed by atoms with Gasteiger partial charge in [0.15, 0.2) is 5.78 Å². The van der Waals surface area contributed by atoms with Crippen molar-refractivity contribution in [3.63, 3.8) is 0 Å². The van der Waals surface area contributed by atoms with Crippen LogP contribution in [0.1, 0.15) is 38.8 Å². The van der Waals surface area contributed by atoms with Crippen LogP contribution in [0.5, 0.6) is 11.5 Å². The quantitative estimate of drug-likeness (QED) is 0.233. The molecule has 0 saturated heterocycles. The van der Waals surface area contributed by atoms with Gasteiger partial charge in [-0.05, 0) is 74.0 Å². The van der Waals surface area contributed by atoms with E-state index in [1.54, 1.807) is 42.5 Å².